The molecule has 4 rings (SSSR count). The average molecular weight is 291 g/mol. The van der Waals surface area contributed by atoms with Crippen LogP contribution in [0.4, 0.5) is 0 Å². The van der Waals surface area contributed by atoms with Gasteiger partial charge in [0.25, 0.3) is 0 Å². The van der Waals surface area contributed by atoms with E-state index in [0.717, 1.165) is 27.7 Å². The molecule has 108 valence electrons. The molecule has 1 aromatic carbocycles. The Morgan fingerprint density at radius 1 is 1.09 bits per heavy atom. The van der Waals surface area contributed by atoms with Crippen LogP contribution in [-0.4, -0.2) is 30.1 Å². The third-order valence-corrected chi connectivity index (χ3v) is 3.59. The fourth-order valence-electron chi connectivity index (χ4n) is 2.48. The first-order valence-corrected chi connectivity index (χ1v) is 6.89. The van der Waals surface area contributed by atoms with E-state index in [0.29, 0.717) is 5.82 Å². The maximum atomic E-state index is 9.27. The summed E-state index contributed by atoms with van der Waals surface area (Å²) in [5.74, 6) is 0.677. The van der Waals surface area contributed by atoms with Gasteiger partial charge in [0.05, 0.1) is 30.2 Å². The Morgan fingerprint density at radius 2 is 2.05 bits per heavy atom. The SMILES string of the molecule is OCc1ccnc(-n2nccc2-c2ccc3cn[nH]c3c2)c1. The lowest BCUT2D eigenvalue weighted by Crippen LogP contribution is -2.02. The molecule has 3 aromatic heterocycles. The average Bonchev–Trinajstić information content (AvgIpc) is 3.23. The van der Waals surface area contributed by atoms with Gasteiger partial charge < -0.3 is 5.11 Å². The summed E-state index contributed by atoms with van der Waals surface area (Å²) in [7, 11) is 0. The molecule has 0 spiro atoms. The van der Waals surface area contributed by atoms with Crippen LogP contribution in [-0.2, 0) is 6.61 Å². The number of aromatic amines is 1. The molecule has 0 radical (unpaired) electrons. The van der Waals surface area contributed by atoms with E-state index in [1.165, 1.54) is 0 Å². The molecule has 0 atom stereocenters. The highest BCUT2D eigenvalue weighted by atomic mass is 16.3. The van der Waals surface area contributed by atoms with Crippen molar-refractivity contribution in [3.05, 3.63) is 60.6 Å². The van der Waals surface area contributed by atoms with Gasteiger partial charge in [-0.15, -0.1) is 0 Å². The number of hydrogen-bond donors (Lipinski definition) is 2. The minimum atomic E-state index is -0.0216. The molecule has 0 amide bonds. The molecule has 0 saturated carbocycles. The second kappa shape index (κ2) is 5.09. The van der Waals surface area contributed by atoms with Crippen LogP contribution in [0.15, 0.2) is 55.0 Å². The van der Waals surface area contributed by atoms with Crippen molar-refractivity contribution in [1.82, 2.24) is 25.0 Å². The number of nitrogens with one attached hydrogen (secondary N) is 1. The fourth-order valence-corrected chi connectivity index (χ4v) is 2.48. The van der Waals surface area contributed by atoms with Crippen molar-refractivity contribution in [3.63, 3.8) is 0 Å². The zero-order valence-corrected chi connectivity index (χ0v) is 11.6. The first kappa shape index (κ1) is 12.7. The van der Waals surface area contributed by atoms with Crippen LogP contribution >= 0.6 is 0 Å². The molecule has 0 bridgehead atoms. The second-order valence-corrected chi connectivity index (χ2v) is 4.98. The van der Waals surface area contributed by atoms with Crippen LogP contribution in [0.2, 0.25) is 0 Å². The van der Waals surface area contributed by atoms with Gasteiger partial charge in [-0.05, 0) is 29.8 Å². The minimum absolute atomic E-state index is 0.0216. The highest BCUT2D eigenvalue weighted by molar-refractivity contribution is 5.83. The van der Waals surface area contributed by atoms with Gasteiger partial charge in [-0.25, -0.2) is 9.67 Å². The number of aromatic nitrogens is 5. The zero-order chi connectivity index (χ0) is 14.9. The summed E-state index contributed by atoms with van der Waals surface area (Å²) in [6.45, 7) is -0.0216. The third-order valence-electron chi connectivity index (χ3n) is 3.59. The molecule has 0 aliphatic carbocycles. The largest absolute Gasteiger partial charge is 0.392 e. The quantitative estimate of drug-likeness (QED) is 0.607. The van der Waals surface area contributed by atoms with E-state index in [-0.39, 0.29) is 6.61 Å². The lowest BCUT2D eigenvalue weighted by Gasteiger charge is -2.08. The second-order valence-electron chi connectivity index (χ2n) is 4.98. The van der Waals surface area contributed by atoms with E-state index in [1.807, 2.05) is 30.3 Å². The van der Waals surface area contributed by atoms with Crippen molar-refractivity contribution in [2.75, 3.05) is 0 Å². The Labute approximate surface area is 126 Å². The third kappa shape index (κ3) is 2.06. The molecular formula is C16H13N5O. The van der Waals surface area contributed by atoms with E-state index in [9.17, 15) is 5.11 Å². The summed E-state index contributed by atoms with van der Waals surface area (Å²) in [4.78, 5) is 4.34. The van der Waals surface area contributed by atoms with Gasteiger partial charge in [0.2, 0.25) is 0 Å². The van der Waals surface area contributed by atoms with Crippen molar-refractivity contribution in [2.45, 2.75) is 6.61 Å². The van der Waals surface area contributed by atoms with E-state index in [2.05, 4.69) is 20.3 Å². The molecule has 3 heterocycles. The predicted octanol–water partition coefficient (Wildman–Crippen LogP) is 2.30. The summed E-state index contributed by atoms with van der Waals surface area (Å²) in [6.07, 6.45) is 5.20. The van der Waals surface area contributed by atoms with Crippen LogP contribution < -0.4 is 0 Å². The van der Waals surface area contributed by atoms with Crippen molar-refractivity contribution in [1.29, 1.82) is 0 Å². The number of fused-ring (bicyclic) bond motifs is 1. The van der Waals surface area contributed by atoms with Gasteiger partial charge in [0, 0.05) is 17.1 Å². The standard InChI is InChI=1S/C16H13N5O/c22-10-11-3-5-17-16(7-11)21-15(4-6-19-21)12-1-2-13-9-18-20-14(13)8-12/h1-9,22H,10H2,(H,18,20). The first-order chi connectivity index (χ1) is 10.8. The molecular weight excluding hydrogens is 278 g/mol. The maximum Gasteiger partial charge on any atom is 0.154 e. The molecule has 0 saturated heterocycles. The highest BCUT2D eigenvalue weighted by Crippen LogP contribution is 2.25. The van der Waals surface area contributed by atoms with Crippen molar-refractivity contribution in [2.24, 2.45) is 0 Å². The maximum absolute atomic E-state index is 9.27. The van der Waals surface area contributed by atoms with E-state index in [1.54, 1.807) is 29.3 Å². The molecule has 6 nitrogen and oxygen atoms in total. The topological polar surface area (TPSA) is 79.6 Å². The van der Waals surface area contributed by atoms with Gasteiger partial charge in [-0.3, -0.25) is 5.10 Å². The fraction of sp³-hybridized carbons (Fsp3) is 0.0625. The summed E-state index contributed by atoms with van der Waals surface area (Å²) in [5, 5.41) is 21.7. The molecule has 0 aliphatic rings. The Kier molecular flexibility index (Phi) is 2.94. The number of pyridine rings is 1. The van der Waals surface area contributed by atoms with Crippen molar-refractivity contribution < 1.29 is 5.11 Å². The van der Waals surface area contributed by atoms with E-state index < -0.39 is 0 Å². The van der Waals surface area contributed by atoms with Gasteiger partial charge >= 0.3 is 0 Å². The molecule has 22 heavy (non-hydrogen) atoms. The molecule has 4 aromatic rings. The van der Waals surface area contributed by atoms with Crippen LogP contribution in [0.1, 0.15) is 5.56 Å². The lowest BCUT2D eigenvalue weighted by atomic mass is 10.1. The Hall–Kier alpha value is -2.99. The molecule has 2 N–H and O–H groups in total. The van der Waals surface area contributed by atoms with Crippen LogP contribution in [0.3, 0.4) is 0 Å². The number of rotatable bonds is 3. The Morgan fingerprint density at radius 3 is 2.95 bits per heavy atom. The van der Waals surface area contributed by atoms with E-state index >= 15 is 0 Å². The molecule has 0 unspecified atom stereocenters. The minimum Gasteiger partial charge on any atom is -0.392 e. The number of aliphatic hydroxyl groups is 1. The number of H-pyrrole nitrogens is 1. The van der Waals surface area contributed by atoms with Gasteiger partial charge in [-0.2, -0.15) is 10.2 Å². The van der Waals surface area contributed by atoms with Gasteiger partial charge in [-0.1, -0.05) is 12.1 Å². The summed E-state index contributed by atoms with van der Waals surface area (Å²) in [5.41, 5.74) is 3.72. The summed E-state index contributed by atoms with van der Waals surface area (Å²) in [6, 6.07) is 11.6. The number of hydrogen-bond acceptors (Lipinski definition) is 4. The van der Waals surface area contributed by atoms with Crippen LogP contribution in [0, 0.1) is 0 Å². The Bertz CT molecular complexity index is 940. The number of aliphatic hydroxyl groups excluding tert-OH is 1. The molecule has 0 fully saturated rings. The highest BCUT2D eigenvalue weighted by Gasteiger charge is 2.10. The smallest absolute Gasteiger partial charge is 0.154 e. The first-order valence-electron chi connectivity index (χ1n) is 6.89. The Balaban J connectivity index is 1.84. The summed E-state index contributed by atoms with van der Waals surface area (Å²) >= 11 is 0. The monoisotopic (exact) mass is 291 g/mol. The van der Waals surface area contributed by atoms with Crippen LogP contribution in [0.25, 0.3) is 28.0 Å². The zero-order valence-electron chi connectivity index (χ0n) is 11.6. The molecule has 0 aliphatic heterocycles. The normalized spacial score (nSPS) is 11.1. The predicted molar refractivity (Wildman–Crippen MR) is 82.4 cm³/mol. The lowest BCUT2D eigenvalue weighted by molar-refractivity contribution is 0.281. The number of nitrogens with zero attached hydrogens (tertiary/aromatic N) is 4. The van der Waals surface area contributed by atoms with Gasteiger partial charge in [0.1, 0.15) is 0 Å². The number of benzene rings is 1. The van der Waals surface area contributed by atoms with E-state index in [4.69, 9.17) is 0 Å². The molecule has 6 heteroatoms. The summed E-state index contributed by atoms with van der Waals surface area (Å²) < 4.78 is 1.76. The van der Waals surface area contributed by atoms with Crippen LogP contribution in [0.5, 0.6) is 0 Å². The van der Waals surface area contributed by atoms with Crippen molar-refractivity contribution >= 4 is 10.9 Å². The van der Waals surface area contributed by atoms with Gasteiger partial charge in [0.15, 0.2) is 5.82 Å². The van der Waals surface area contributed by atoms with Crippen molar-refractivity contribution in [3.8, 4) is 17.1 Å².